The van der Waals surface area contributed by atoms with E-state index in [1.54, 1.807) is 24.3 Å². The number of benzene rings is 2. The molecule has 2 aliphatic heterocycles. The van der Waals surface area contributed by atoms with Gasteiger partial charge in [-0.3, -0.25) is 19.4 Å². The summed E-state index contributed by atoms with van der Waals surface area (Å²) in [6.45, 7) is 9.07. The molecule has 3 aliphatic rings. The summed E-state index contributed by atoms with van der Waals surface area (Å²) in [6.07, 6.45) is 9.26. The van der Waals surface area contributed by atoms with Gasteiger partial charge in [0.25, 0.3) is 0 Å². The molecule has 2 saturated heterocycles. The van der Waals surface area contributed by atoms with Gasteiger partial charge in [0, 0.05) is 42.9 Å². The number of aromatic nitrogens is 2. The van der Waals surface area contributed by atoms with Crippen LogP contribution in [-0.4, -0.2) is 83.1 Å². The maximum Gasteiger partial charge on any atom is 0.320 e. The first-order valence-corrected chi connectivity index (χ1v) is 16.3. The van der Waals surface area contributed by atoms with Crippen molar-refractivity contribution in [3.63, 3.8) is 0 Å². The van der Waals surface area contributed by atoms with Gasteiger partial charge in [0.15, 0.2) is 0 Å². The van der Waals surface area contributed by atoms with Crippen molar-refractivity contribution in [1.82, 2.24) is 19.8 Å². The number of carbonyl (C=O) groups excluding carboxylic acids is 2. The van der Waals surface area contributed by atoms with E-state index < -0.39 is 11.4 Å². The third-order valence-corrected chi connectivity index (χ3v) is 8.84. The summed E-state index contributed by atoms with van der Waals surface area (Å²) >= 11 is 5.98. The predicted molar refractivity (Wildman–Crippen MR) is 176 cm³/mol. The zero-order chi connectivity index (χ0) is 32.3. The molecule has 3 heterocycles. The Morgan fingerprint density at radius 1 is 1.13 bits per heavy atom. The summed E-state index contributed by atoms with van der Waals surface area (Å²) in [5.74, 6) is 1.17. The maximum atomic E-state index is 13.7. The Labute approximate surface area is 273 Å². The molecule has 12 heteroatoms. The molecule has 1 aromatic heterocycles. The molecule has 0 unspecified atom stereocenters. The van der Waals surface area contributed by atoms with E-state index in [4.69, 9.17) is 21.1 Å². The quantitative estimate of drug-likeness (QED) is 0.197. The Hall–Kier alpha value is -3.80. The van der Waals surface area contributed by atoms with Crippen LogP contribution in [0.2, 0.25) is 5.02 Å². The summed E-state index contributed by atoms with van der Waals surface area (Å²) in [5.41, 5.74) is 1.28. The number of fused-ring (bicyclic) bond motifs is 1. The van der Waals surface area contributed by atoms with Crippen LogP contribution >= 0.6 is 11.6 Å². The van der Waals surface area contributed by atoms with Crippen LogP contribution in [0.5, 0.6) is 5.75 Å². The number of ether oxygens (including phenoxy) is 2. The molecule has 1 amide bonds. The van der Waals surface area contributed by atoms with E-state index in [0.717, 1.165) is 51.9 Å². The van der Waals surface area contributed by atoms with Crippen molar-refractivity contribution in [2.45, 2.75) is 45.1 Å². The lowest BCUT2D eigenvalue weighted by Crippen LogP contribution is -2.52. The molecule has 0 atom stereocenters. The molecule has 0 radical (unpaired) electrons. The molecular weight excluding hydrogens is 611 g/mol. The number of cyclic esters (lactones) is 1. The number of halogens is 2. The van der Waals surface area contributed by atoms with Crippen LogP contribution in [0.3, 0.4) is 0 Å². The van der Waals surface area contributed by atoms with E-state index >= 15 is 0 Å². The number of carbonyl (C=O) groups is 2. The van der Waals surface area contributed by atoms with Crippen molar-refractivity contribution >= 4 is 51.6 Å². The van der Waals surface area contributed by atoms with E-state index in [9.17, 15) is 14.0 Å². The maximum absolute atomic E-state index is 13.7. The van der Waals surface area contributed by atoms with Crippen molar-refractivity contribution in [2.75, 3.05) is 56.5 Å². The zero-order valence-corrected chi connectivity index (χ0v) is 27.0. The SMILES string of the molecule is CC1(C)CN(CC2CCN(C/C=C/C(=O)Nc3cc4c(Nc5ccc(F)c(Cl)c5)ncnc4cc3OCC3CC3)CC2)CC(=O)O1. The lowest BCUT2D eigenvalue weighted by molar-refractivity contribution is -0.169. The minimum absolute atomic E-state index is 0.00182. The van der Waals surface area contributed by atoms with Crippen LogP contribution in [0.4, 0.5) is 21.6 Å². The highest BCUT2D eigenvalue weighted by molar-refractivity contribution is 6.31. The second-order valence-corrected chi connectivity index (χ2v) is 13.5. The van der Waals surface area contributed by atoms with Gasteiger partial charge in [0.2, 0.25) is 5.91 Å². The molecule has 3 fully saturated rings. The lowest BCUT2D eigenvalue weighted by Gasteiger charge is -2.40. The van der Waals surface area contributed by atoms with Crippen molar-refractivity contribution in [1.29, 1.82) is 0 Å². The summed E-state index contributed by atoms with van der Waals surface area (Å²) < 4.78 is 25.3. The number of amides is 1. The van der Waals surface area contributed by atoms with Gasteiger partial charge in [0.1, 0.15) is 29.3 Å². The minimum Gasteiger partial charge on any atom is -0.491 e. The number of morpholine rings is 1. The highest BCUT2D eigenvalue weighted by atomic mass is 35.5. The fourth-order valence-corrected chi connectivity index (χ4v) is 6.26. The van der Waals surface area contributed by atoms with E-state index in [1.165, 1.54) is 18.5 Å². The number of nitrogens with zero attached hydrogens (tertiary/aromatic N) is 4. The number of hydrogen-bond acceptors (Lipinski definition) is 9. The molecule has 3 aromatic rings. The van der Waals surface area contributed by atoms with E-state index in [2.05, 4.69) is 30.4 Å². The van der Waals surface area contributed by atoms with Crippen molar-refractivity contribution in [3.05, 3.63) is 59.7 Å². The normalized spacial score (nSPS) is 19.3. The van der Waals surface area contributed by atoms with Gasteiger partial charge in [-0.1, -0.05) is 17.7 Å². The van der Waals surface area contributed by atoms with Crippen LogP contribution < -0.4 is 15.4 Å². The molecule has 46 heavy (non-hydrogen) atoms. The van der Waals surface area contributed by atoms with Crippen molar-refractivity contribution < 1.29 is 23.5 Å². The number of hydrogen-bond donors (Lipinski definition) is 2. The molecule has 0 spiro atoms. The van der Waals surface area contributed by atoms with Crippen molar-refractivity contribution in [2.24, 2.45) is 11.8 Å². The second kappa shape index (κ2) is 13.9. The Kier molecular flexibility index (Phi) is 9.72. The number of piperidine rings is 1. The molecule has 244 valence electrons. The largest absolute Gasteiger partial charge is 0.491 e. The summed E-state index contributed by atoms with van der Waals surface area (Å²) in [5, 5.41) is 6.83. The van der Waals surface area contributed by atoms with Crippen LogP contribution in [0.1, 0.15) is 39.5 Å². The molecule has 6 rings (SSSR count). The zero-order valence-electron chi connectivity index (χ0n) is 26.2. The number of esters is 1. The first-order chi connectivity index (χ1) is 22.1. The number of rotatable bonds is 11. The second-order valence-electron chi connectivity index (χ2n) is 13.1. The first kappa shape index (κ1) is 32.2. The molecule has 10 nitrogen and oxygen atoms in total. The summed E-state index contributed by atoms with van der Waals surface area (Å²) in [7, 11) is 0. The molecule has 1 aliphatic carbocycles. The monoisotopic (exact) mass is 650 g/mol. The van der Waals surface area contributed by atoms with E-state index in [0.29, 0.717) is 65.4 Å². The van der Waals surface area contributed by atoms with Gasteiger partial charge in [-0.15, -0.1) is 0 Å². The molecule has 2 aromatic carbocycles. The van der Waals surface area contributed by atoms with Crippen molar-refractivity contribution in [3.8, 4) is 5.75 Å². The third kappa shape index (κ3) is 8.51. The van der Waals surface area contributed by atoms with Gasteiger partial charge in [-0.25, -0.2) is 14.4 Å². The number of nitrogens with one attached hydrogen (secondary N) is 2. The third-order valence-electron chi connectivity index (χ3n) is 8.55. The van der Waals surface area contributed by atoms with E-state index in [-0.39, 0.29) is 16.9 Å². The molecule has 0 bridgehead atoms. The fraction of sp³-hybridized carbons (Fsp3) is 0.471. The van der Waals surface area contributed by atoms with Crippen LogP contribution in [0.15, 0.2) is 48.8 Å². The topological polar surface area (TPSA) is 109 Å². The van der Waals surface area contributed by atoms with Crippen LogP contribution in [-0.2, 0) is 14.3 Å². The molecule has 2 N–H and O–H groups in total. The Morgan fingerprint density at radius 2 is 1.93 bits per heavy atom. The fourth-order valence-electron chi connectivity index (χ4n) is 6.08. The Bertz CT molecular complexity index is 1620. The average molecular weight is 651 g/mol. The number of anilines is 3. The highest BCUT2D eigenvalue weighted by Crippen LogP contribution is 2.36. The van der Waals surface area contributed by atoms with E-state index in [1.807, 2.05) is 19.9 Å². The first-order valence-electron chi connectivity index (χ1n) is 15.9. The van der Waals surface area contributed by atoms with Gasteiger partial charge < -0.3 is 20.1 Å². The Morgan fingerprint density at radius 3 is 2.67 bits per heavy atom. The summed E-state index contributed by atoms with van der Waals surface area (Å²) in [6, 6.07) is 7.95. The predicted octanol–water partition coefficient (Wildman–Crippen LogP) is 5.80. The smallest absolute Gasteiger partial charge is 0.320 e. The van der Waals surface area contributed by atoms with Crippen LogP contribution in [0.25, 0.3) is 10.9 Å². The van der Waals surface area contributed by atoms with Crippen LogP contribution in [0, 0.1) is 17.7 Å². The van der Waals surface area contributed by atoms with Gasteiger partial charge in [0.05, 0.1) is 29.4 Å². The van der Waals surface area contributed by atoms with Gasteiger partial charge in [-0.05, 0) is 88.7 Å². The number of likely N-dealkylation sites (tertiary alicyclic amines) is 1. The summed E-state index contributed by atoms with van der Waals surface area (Å²) in [4.78, 5) is 38.4. The lowest BCUT2D eigenvalue weighted by atomic mass is 9.95. The Balaban J connectivity index is 1.07. The standard InChI is InChI=1S/C34H40ClFN6O4/c1-34(2)20-42(18-32(44)46-34)17-22-9-12-41(13-10-22)11-3-4-31(43)40-29-15-25-28(16-30(29)45-19-23-5-6-23)37-21-38-33(25)39-24-7-8-27(36)26(35)14-24/h3-4,7-8,14-16,21-23H,5-6,9-13,17-20H2,1-2H3,(H,40,43)(H,37,38,39)/b4-3+. The molecular formula is C34H40ClFN6O4. The van der Waals surface area contributed by atoms with Gasteiger partial charge >= 0.3 is 5.97 Å². The molecule has 1 saturated carbocycles. The highest BCUT2D eigenvalue weighted by Gasteiger charge is 2.34. The minimum atomic E-state index is -0.508. The average Bonchev–Trinajstić information content (AvgIpc) is 3.83. The van der Waals surface area contributed by atoms with Gasteiger partial charge in [-0.2, -0.15) is 0 Å².